The number of hydrogen-bond donors (Lipinski definition) is 1. The lowest BCUT2D eigenvalue weighted by Crippen LogP contribution is -2.35. The van der Waals surface area contributed by atoms with Crippen molar-refractivity contribution in [2.75, 3.05) is 31.6 Å². The van der Waals surface area contributed by atoms with E-state index in [1.165, 1.54) is 11.3 Å². The molecule has 1 aromatic carbocycles. The maximum absolute atomic E-state index is 12.3. The topological polar surface area (TPSA) is 63.7 Å². The minimum absolute atomic E-state index is 0.289. The van der Waals surface area contributed by atoms with Gasteiger partial charge in [0.1, 0.15) is 5.75 Å². The fourth-order valence-electron chi connectivity index (χ4n) is 2.45. The van der Waals surface area contributed by atoms with Gasteiger partial charge in [-0.15, -0.1) is 11.3 Å². The molecule has 0 spiro atoms. The van der Waals surface area contributed by atoms with E-state index in [2.05, 4.69) is 15.2 Å². The van der Waals surface area contributed by atoms with Crippen LogP contribution in [0.4, 0.5) is 5.13 Å². The first kappa shape index (κ1) is 19.4. The summed E-state index contributed by atoms with van der Waals surface area (Å²) in [5.41, 5.74) is 0.932. The van der Waals surface area contributed by atoms with Gasteiger partial charge in [0, 0.05) is 30.0 Å². The second-order valence-corrected chi connectivity index (χ2v) is 7.56. The Balaban J connectivity index is 1.53. The van der Waals surface area contributed by atoms with Gasteiger partial charge in [-0.05, 0) is 25.1 Å². The van der Waals surface area contributed by atoms with Gasteiger partial charge in [0.05, 0.1) is 23.9 Å². The van der Waals surface area contributed by atoms with Crippen LogP contribution in [-0.2, 0) is 16.1 Å². The fraction of sp³-hybridized carbons (Fsp3) is 0.412. The van der Waals surface area contributed by atoms with Crippen LogP contribution in [0.5, 0.6) is 5.75 Å². The van der Waals surface area contributed by atoms with E-state index in [1.54, 1.807) is 25.1 Å². The maximum Gasteiger partial charge on any atom is 0.266 e. The average molecular weight is 416 g/mol. The number of halogens is 2. The minimum Gasteiger partial charge on any atom is -0.479 e. The molecule has 1 unspecified atom stereocenters. The quantitative estimate of drug-likeness (QED) is 0.778. The molecule has 1 aliphatic rings. The van der Waals surface area contributed by atoms with Crippen molar-refractivity contribution >= 4 is 45.6 Å². The van der Waals surface area contributed by atoms with Crippen LogP contribution in [0.15, 0.2) is 23.6 Å². The minimum atomic E-state index is -0.722. The van der Waals surface area contributed by atoms with Crippen LogP contribution in [0.1, 0.15) is 12.6 Å². The summed E-state index contributed by atoms with van der Waals surface area (Å²) in [6, 6.07) is 4.87. The van der Waals surface area contributed by atoms with Gasteiger partial charge in [-0.3, -0.25) is 15.0 Å². The normalized spacial score (nSPS) is 16.3. The van der Waals surface area contributed by atoms with Crippen molar-refractivity contribution in [3.05, 3.63) is 39.3 Å². The Morgan fingerprint density at radius 3 is 2.92 bits per heavy atom. The van der Waals surface area contributed by atoms with Crippen molar-refractivity contribution in [3.8, 4) is 5.75 Å². The molecule has 26 heavy (non-hydrogen) atoms. The molecule has 0 bridgehead atoms. The third kappa shape index (κ3) is 5.31. The summed E-state index contributed by atoms with van der Waals surface area (Å²) in [6.07, 6.45) is -0.722. The molecule has 1 saturated heterocycles. The van der Waals surface area contributed by atoms with Gasteiger partial charge in [-0.2, -0.15) is 0 Å². The Morgan fingerprint density at radius 1 is 1.42 bits per heavy atom. The number of aromatic nitrogens is 1. The van der Waals surface area contributed by atoms with Crippen LogP contribution in [0.25, 0.3) is 0 Å². The zero-order chi connectivity index (χ0) is 18.5. The van der Waals surface area contributed by atoms with E-state index in [0.29, 0.717) is 20.9 Å². The molecule has 6 nitrogen and oxygen atoms in total. The number of carbonyl (C=O) groups is 1. The van der Waals surface area contributed by atoms with E-state index in [1.807, 2.05) is 5.38 Å². The molecule has 0 radical (unpaired) electrons. The largest absolute Gasteiger partial charge is 0.479 e. The second-order valence-electron chi connectivity index (χ2n) is 5.86. The Hall–Kier alpha value is -1.38. The molecule has 3 rings (SSSR count). The van der Waals surface area contributed by atoms with Crippen molar-refractivity contribution < 1.29 is 14.3 Å². The summed E-state index contributed by atoms with van der Waals surface area (Å²) >= 11 is 13.3. The predicted octanol–water partition coefficient (Wildman–Crippen LogP) is 3.69. The Bertz CT molecular complexity index is 765. The fourth-order valence-corrected chi connectivity index (χ4v) is 3.60. The number of morpholine rings is 1. The molecule has 2 aromatic rings. The van der Waals surface area contributed by atoms with Crippen molar-refractivity contribution in [2.45, 2.75) is 19.6 Å². The van der Waals surface area contributed by atoms with Crippen LogP contribution in [0.2, 0.25) is 10.0 Å². The second kappa shape index (κ2) is 9.01. The van der Waals surface area contributed by atoms with Crippen LogP contribution in [0, 0.1) is 0 Å². The van der Waals surface area contributed by atoms with Gasteiger partial charge in [0.2, 0.25) is 0 Å². The molecule has 1 N–H and O–H groups in total. The number of thiazole rings is 1. The molecule has 0 saturated carbocycles. The molecule has 1 fully saturated rings. The van der Waals surface area contributed by atoms with Gasteiger partial charge in [0.25, 0.3) is 5.91 Å². The number of anilines is 1. The highest BCUT2D eigenvalue weighted by Gasteiger charge is 2.18. The predicted molar refractivity (Wildman–Crippen MR) is 103 cm³/mol. The van der Waals surface area contributed by atoms with E-state index in [9.17, 15) is 4.79 Å². The Labute approximate surface area is 166 Å². The Kier molecular flexibility index (Phi) is 6.72. The maximum atomic E-state index is 12.3. The third-order valence-electron chi connectivity index (χ3n) is 3.84. The molecule has 9 heteroatoms. The SMILES string of the molecule is CC(Oc1ccc(Cl)cc1Cl)C(=O)Nc1nc(CN2CCOCC2)cs1. The molecular formula is C17H19Cl2N3O3S. The van der Waals surface area contributed by atoms with Crippen molar-refractivity contribution in [2.24, 2.45) is 0 Å². The summed E-state index contributed by atoms with van der Waals surface area (Å²) < 4.78 is 11.0. The summed E-state index contributed by atoms with van der Waals surface area (Å²) in [5, 5.41) is 6.15. The van der Waals surface area contributed by atoms with E-state index in [0.717, 1.165) is 38.5 Å². The third-order valence-corrected chi connectivity index (χ3v) is 5.18. The molecule has 140 valence electrons. The average Bonchev–Trinajstić information content (AvgIpc) is 3.05. The van der Waals surface area contributed by atoms with Crippen molar-refractivity contribution in [3.63, 3.8) is 0 Å². The first-order valence-electron chi connectivity index (χ1n) is 8.18. The number of nitrogens with one attached hydrogen (secondary N) is 1. The van der Waals surface area contributed by atoms with E-state index in [4.69, 9.17) is 32.7 Å². The molecule has 1 aliphatic heterocycles. The molecule has 1 aromatic heterocycles. The number of amides is 1. The number of nitrogens with zero attached hydrogens (tertiary/aromatic N) is 2. The van der Waals surface area contributed by atoms with Crippen molar-refractivity contribution in [1.29, 1.82) is 0 Å². The number of hydrogen-bond acceptors (Lipinski definition) is 6. The molecule has 1 amide bonds. The van der Waals surface area contributed by atoms with Gasteiger partial charge in [-0.25, -0.2) is 4.98 Å². The molecule has 0 aliphatic carbocycles. The van der Waals surface area contributed by atoms with Crippen LogP contribution in [-0.4, -0.2) is 48.2 Å². The first-order chi connectivity index (χ1) is 12.5. The zero-order valence-corrected chi connectivity index (χ0v) is 16.5. The summed E-state index contributed by atoms with van der Waals surface area (Å²) in [6.45, 7) is 5.69. The molecule has 1 atom stereocenters. The van der Waals surface area contributed by atoms with Crippen LogP contribution in [0.3, 0.4) is 0 Å². The van der Waals surface area contributed by atoms with Crippen LogP contribution < -0.4 is 10.1 Å². The molecular weight excluding hydrogens is 397 g/mol. The lowest BCUT2D eigenvalue weighted by molar-refractivity contribution is -0.122. The number of ether oxygens (including phenoxy) is 2. The smallest absolute Gasteiger partial charge is 0.266 e. The van der Waals surface area contributed by atoms with Gasteiger partial charge >= 0.3 is 0 Å². The number of carbonyl (C=O) groups excluding carboxylic acids is 1. The highest BCUT2D eigenvalue weighted by molar-refractivity contribution is 7.13. The number of rotatable bonds is 6. The first-order valence-corrected chi connectivity index (χ1v) is 9.82. The van der Waals surface area contributed by atoms with Gasteiger partial charge in [0.15, 0.2) is 11.2 Å². The monoisotopic (exact) mass is 415 g/mol. The van der Waals surface area contributed by atoms with E-state index in [-0.39, 0.29) is 5.91 Å². The lowest BCUT2D eigenvalue weighted by Gasteiger charge is -2.25. The van der Waals surface area contributed by atoms with Gasteiger partial charge < -0.3 is 9.47 Å². The number of benzene rings is 1. The highest BCUT2D eigenvalue weighted by atomic mass is 35.5. The van der Waals surface area contributed by atoms with Gasteiger partial charge in [-0.1, -0.05) is 23.2 Å². The van der Waals surface area contributed by atoms with E-state index >= 15 is 0 Å². The Morgan fingerprint density at radius 2 is 2.19 bits per heavy atom. The summed E-state index contributed by atoms with van der Waals surface area (Å²) in [7, 11) is 0. The van der Waals surface area contributed by atoms with E-state index < -0.39 is 6.10 Å². The van der Waals surface area contributed by atoms with Crippen LogP contribution >= 0.6 is 34.5 Å². The summed E-state index contributed by atoms with van der Waals surface area (Å²) in [4.78, 5) is 19.1. The standard InChI is InChI=1S/C17H19Cl2N3O3S/c1-11(25-15-3-2-12(18)8-14(15)19)16(23)21-17-20-13(10-26-17)9-22-4-6-24-7-5-22/h2-3,8,10-11H,4-7,9H2,1H3,(H,20,21,23). The lowest BCUT2D eigenvalue weighted by atomic mass is 10.3. The van der Waals surface area contributed by atoms with Crippen molar-refractivity contribution in [1.82, 2.24) is 9.88 Å². The highest BCUT2D eigenvalue weighted by Crippen LogP contribution is 2.28. The molecule has 2 heterocycles. The zero-order valence-electron chi connectivity index (χ0n) is 14.2. The summed E-state index contributed by atoms with van der Waals surface area (Å²) in [5.74, 6) is 0.120.